The number of anilines is 1. The molecule has 0 saturated carbocycles. The van der Waals surface area contributed by atoms with E-state index in [-0.39, 0.29) is 18.4 Å². The molecule has 9 heteroatoms. The second-order valence-electron chi connectivity index (χ2n) is 7.12. The number of nitrogens with one attached hydrogen (secondary N) is 2. The lowest BCUT2D eigenvalue weighted by atomic mass is 10.2. The van der Waals surface area contributed by atoms with Crippen LogP contribution in [0.3, 0.4) is 0 Å². The first-order valence-corrected chi connectivity index (χ1v) is 11.9. The largest absolute Gasteiger partial charge is 0.490 e. The molecule has 0 radical (unpaired) electrons. The van der Waals surface area contributed by atoms with Gasteiger partial charge < -0.3 is 14.8 Å². The highest BCUT2D eigenvalue weighted by Gasteiger charge is 2.14. The molecule has 0 aromatic heterocycles. The number of ether oxygens (including phenoxy) is 2. The Morgan fingerprint density at radius 1 is 1.09 bits per heavy atom. The molecule has 3 aromatic carbocycles. The number of aryl methyl sites for hydroxylation is 1. The van der Waals surface area contributed by atoms with Gasteiger partial charge in [0, 0.05) is 16.3 Å². The van der Waals surface area contributed by atoms with Gasteiger partial charge in [0.15, 0.2) is 18.1 Å². The normalized spacial score (nSPS) is 10.7. The number of hydrogen-bond donors (Lipinski definition) is 2. The van der Waals surface area contributed by atoms with Crippen LogP contribution in [0.4, 0.5) is 5.69 Å². The van der Waals surface area contributed by atoms with Crippen LogP contribution < -0.4 is 20.2 Å². The monoisotopic (exact) mass is 591 g/mol. The number of halogens is 2. The van der Waals surface area contributed by atoms with Crippen molar-refractivity contribution >= 4 is 57.9 Å². The van der Waals surface area contributed by atoms with E-state index in [9.17, 15) is 9.59 Å². The van der Waals surface area contributed by atoms with Crippen LogP contribution in [0.5, 0.6) is 11.5 Å². The van der Waals surface area contributed by atoms with Gasteiger partial charge in [-0.05, 0) is 90.0 Å². The van der Waals surface area contributed by atoms with Crippen molar-refractivity contribution in [2.75, 3.05) is 18.5 Å². The van der Waals surface area contributed by atoms with Crippen molar-refractivity contribution in [3.8, 4) is 11.5 Å². The summed E-state index contributed by atoms with van der Waals surface area (Å²) in [5, 5.41) is 7.41. The maximum atomic E-state index is 12.4. The van der Waals surface area contributed by atoms with Crippen molar-refractivity contribution in [3.05, 3.63) is 85.9 Å². The molecular weight excluding hydrogens is 569 g/mol. The van der Waals surface area contributed by atoms with Gasteiger partial charge >= 0.3 is 0 Å². The summed E-state index contributed by atoms with van der Waals surface area (Å²) in [4.78, 5) is 24.6. The van der Waals surface area contributed by atoms with Crippen molar-refractivity contribution < 1.29 is 19.1 Å². The zero-order valence-corrected chi connectivity index (χ0v) is 21.5. The Morgan fingerprint density at radius 2 is 1.82 bits per heavy atom. The number of para-hydroxylation sites is 1. The Labute approximate surface area is 216 Å². The van der Waals surface area contributed by atoms with Crippen molar-refractivity contribution in [2.45, 2.75) is 13.8 Å². The smallest absolute Gasteiger partial charge is 0.271 e. The fourth-order valence-electron chi connectivity index (χ4n) is 2.93. The lowest BCUT2D eigenvalue weighted by Crippen LogP contribution is -2.21. The minimum absolute atomic E-state index is 0.172. The molecule has 3 aromatic rings. The van der Waals surface area contributed by atoms with Gasteiger partial charge in [-0.2, -0.15) is 5.10 Å². The minimum Gasteiger partial charge on any atom is -0.490 e. The fourth-order valence-corrected chi connectivity index (χ4v) is 3.84. The molecule has 0 spiro atoms. The highest BCUT2D eigenvalue weighted by molar-refractivity contribution is 14.1. The zero-order valence-electron chi connectivity index (χ0n) is 18.6. The lowest BCUT2D eigenvalue weighted by Gasteiger charge is -2.15. The van der Waals surface area contributed by atoms with E-state index in [0.29, 0.717) is 34.3 Å². The van der Waals surface area contributed by atoms with Crippen molar-refractivity contribution in [2.24, 2.45) is 5.10 Å². The molecule has 0 atom stereocenters. The summed E-state index contributed by atoms with van der Waals surface area (Å²) >= 11 is 7.95. The molecule has 0 unspecified atom stereocenters. The number of carbonyl (C=O) groups is 2. The average Bonchev–Trinajstić information content (AvgIpc) is 2.80. The van der Waals surface area contributed by atoms with Crippen LogP contribution in [0, 0.1) is 10.5 Å². The molecule has 2 amide bonds. The fraction of sp³-hybridized carbons (Fsp3) is 0.160. The third kappa shape index (κ3) is 7.19. The third-order valence-electron chi connectivity index (χ3n) is 4.58. The van der Waals surface area contributed by atoms with Crippen molar-refractivity contribution in [3.63, 3.8) is 0 Å². The van der Waals surface area contributed by atoms with Gasteiger partial charge in [-0.25, -0.2) is 5.43 Å². The SMILES string of the molecule is CCOc1cc(/C=N/NC(=O)c2ccc(Cl)cc2)cc(I)c1OCC(=O)Nc1ccccc1C. The summed E-state index contributed by atoms with van der Waals surface area (Å²) in [6.45, 7) is 4.02. The Morgan fingerprint density at radius 3 is 2.53 bits per heavy atom. The van der Waals surface area contributed by atoms with E-state index in [1.165, 1.54) is 6.21 Å². The van der Waals surface area contributed by atoms with E-state index >= 15 is 0 Å². The second kappa shape index (κ2) is 12.4. The molecule has 0 saturated heterocycles. The van der Waals surface area contributed by atoms with Crippen LogP contribution in [0.2, 0.25) is 5.02 Å². The minimum atomic E-state index is -0.354. The van der Waals surface area contributed by atoms with E-state index in [0.717, 1.165) is 14.8 Å². The van der Waals surface area contributed by atoms with Crippen LogP contribution in [0.25, 0.3) is 0 Å². The Bertz CT molecular complexity index is 1200. The third-order valence-corrected chi connectivity index (χ3v) is 5.64. The predicted molar refractivity (Wildman–Crippen MR) is 142 cm³/mol. The molecule has 0 aliphatic carbocycles. The number of carbonyl (C=O) groups excluding carboxylic acids is 2. The quantitative estimate of drug-likeness (QED) is 0.197. The van der Waals surface area contributed by atoms with E-state index < -0.39 is 0 Å². The first-order chi connectivity index (χ1) is 16.4. The molecule has 0 fully saturated rings. The molecule has 0 aliphatic rings. The first kappa shape index (κ1) is 25.5. The summed E-state index contributed by atoms with van der Waals surface area (Å²) in [5.74, 6) is 0.309. The summed E-state index contributed by atoms with van der Waals surface area (Å²) in [5.41, 5.74) is 5.32. The van der Waals surface area contributed by atoms with E-state index in [1.807, 2.05) is 44.2 Å². The van der Waals surface area contributed by atoms with Gasteiger partial charge in [-0.1, -0.05) is 29.8 Å². The number of amides is 2. The van der Waals surface area contributed by atoms with Crippen LogP contribution in [0.1, 0.15) is 28.4 Å². The summed E-state index contributed by atoms with van der Waals surface area (Å²) in [6.07, 6.45) is 1.51. The average molecular weight is 592 g/mol. The zero-order chi connectivity index (χ0) is 24.5. The maximum Gasteiger partial charge on any atom is 0.271 e. The van der Waals surface area contributed by atoms with Crippen LogP contribution >= 0.6 is 34.2 Å². The van der Waals surface area contributed by atoms with Gasteiger partial charge in [0.05, 0.1) is 16.4 Å². The molecule has 0 aliphatic heterocycles. The van der Waals surface area contributed by atoms with Crippen molar-refractivity contribution in [1.82, 2.24) is 5.43 Å². The molecule has 34 heavy (non-hydrogen) atoms. The van der Waals surface area contributed by atoms with Crippen LogP contribution in [-0.4, -0.2) is 31.2 Å². The second-order valence-corrected chi connectivity index (χ2v) is 8.72. The molecule has 3 rings (SSSR count). The van der Waals surface area contributed by atoms with E-state index in [2.05, 4.69) is 38.4 Å². The lowest BCUT2D eigenvalue weighted by molar-refractivity contribution is -0.118. The number of rotatable bonds is 9. The highest BCUT2D eigenvalue weighted by Crippen LogP contribution is 2.34. The summed E-state index contributed by atoms with van der Waals surface area (Å²) < 4.78 is 12.2. The topological polar surface area (TPSA) is 89.0 Å². The van der Waals surface area contributed by atoms with Gasteiger partial charge in [-0.15, -0.1) is 0 Å². The Hall–Kier alpha value is -3.11. The molecule has 2 N–H and O–H groups in total. The van der Waals surface area contributed by atoms with Crippen LogP contribution in [0.15, 0.2) is 65.8 Å². The molecule has 0 heterocycles. The van der Waals surface area contributed by atoms with Gasteiger partial charge in [0.1, 0.15) is 0 Å². The number of nitrogens with zero attached hydrogens (tertiary/aromatic N) is 1. The number of benzene rings is 3. The standard InChI is InChI=1S/C25H23ClIN3O4/c1-3-33-22-13-17(14-28-30-25(32)18-8-10-19(26)11-9-18)12-20(27)24(22)34-15-23(31)29-21-7-5-4-6-16(21)2/h4-14H,3,15H2,1-2H3,(H,29,31)(H,30,32)/b28-14+. The van der Waals surface area contributed by atoms with Gasteiger partial charge in [0.2, 0.25) is 0 Å². The Balaban J connectivity index is 1.66. The number of hydrogen-bond acceptors (Lipinski definition) is 5. The summed E-state index contributed by atoms with van der Waals surface area (Å²) in [6, 6.07) is 17.6. The van der Waals surface area contributed by atoms with E-state index in [4.69, 9.17) is 21.1 Å². The molecule has 0 bridgehead atoms. The van der Waals surface area contributed by atoms with Gasteiger partial charge in [-0.3, -0.25) is 9.59 Å². The first-order valence-electron chi connectivity index (χ1n) is 10.4. The van der Waals surface area contributed by atoms with Crippen molar-refractivity contribution in [1.29, 1.82) is 0 Å². The molecule has 7 nitrogen and oxygen atoms in total. The van der Waals surface area contributed by atoms with Gasteiger partial charge in [0.25, 0.3) is 11.8 Å². The van der Waals surface area contributed by atoms with Crippen LogP contribution in [-0.2, 0) is 4.79 Å². The number of hydrazone groups is 1. The predicted octanol–water partition coefficient (Wildman–Crippen LogP) is 5.43. The maximum absolute atomic E-state index is 12.4. The molecular formula is C25H23ClIN3O4. The Kier molecular flexibility index (Phi) is 9.29. The summed E-state index contributed by atoms with van der Waals surface area (Å²) in [7, 11) is 0. The highest BCUT2D eigenvalue weighted by atomic mass is 127. The van der Waals surface area contributed by atoms with E-state index in [1.54, 1.807) is 30.3 Å². The molecule has 176 valence electrons.